The third-order valence-corrected chi connectivity index (χ3v) is 5.85. The monoisotopic (exact) mass is 395 g/mol. The van der Waals surface area contributed by atoms with Crippen molar-refractivity contribution in [3.8, 4) is 5.75 Å². The molecule has 1 atom stereocenters. The van der Waals surface area contributed by atoms with E-state index >= 15 is 0 Å². The van der Waals surface area contributed by atoms with Crippen molar-refractivity contribution in [1.29, 1.82) is 0 Å². The predicted molar refractivity (Wildman–Crippen MR) is 123 cm³/mol. The van der Waals surface area contributed by atoms with E-state index in [4.69, 9.17) is 9.84 Å². The van der Waals surface area contributed by atoms with E-state index in [-0.39, 0.29) is 6.04 Å². The molecular formula is C26H25N3O. The fraction of sp³-hybridized carbons (Fsp3) is 0.192. The molecule has 0 spiro atoms. The summed E-state index contributed by atoms with van der Waals surface area (Å²) in [6, 6.07) is 27.5. The first-order chi connectivity index (χ1) is 14.8. The average Bonchev–Trinajstić information content (AvgIpc) is 3.43. The summed E-state index contributed by atoms with van der Waals surface area (Å²) in [5.41, 5.74) is 6.17. The minimum atomic E-state index is 0.205. The average molecular weight is 396 g/mol. The Bertz CT molecular complexity index is 1160. The van der Waals surface area contributed by atoms with Gasteiger partial charge in [-0.3, -0.25) is 5.01 Å². The van der Waals surface area contributed by atoms with Crippen molar-refractivity contribution in [2.45, 2.75) is 25.3 Å². The van der Waals surface area contributed by atoms with E-state index in [2.05, 4.69) is 76.9 Å². The highest BCUT2D eigenvalue weighted by atomic mass is 16.5. The number of aryl methyl sites for hydroxylation is 1. The number of aromatic nitrogens is 1. The van der Waals surface area contributed by atoms with E-state index < -0.39 is 0 Å². The Labute approximate surface area is 176 Å². The van der Waals surface area contributed by atoms with Crippen LogP contribution in [-0.4, -0.2) is 17.8 Å². The Kier molecular flexibility index (Phi) is 4.98. The van der Waals surface area contributed by atoms with Crippen molar-refractivity contribution in [3.63, 3.8) is 0 Å². The van der Waals surface area contributed by atoms with Gasteiger partial charge in [-0.05, 0) is 54.3 Å². The molecule has 0 aliphatic carbocycles. The molecule has 0 unspecified atom stereocenters. The molecule has 30 heavy (non-hydrogen) atoms. The number of methoxy groups -OCH3 is 1. The second-order valence-corrected chi connectivity index (χ2v) is 7.70. The minimum absolute atomic E-state index is 0.205. The van der Waals surface area contributed by atoms with Crippen molar-refractivity contribution in [2.24, 2.45) is 5.10 Å². The van der Waals surface area contributed by atoms with Crippen LogP contribution in [0.15, 0.2) is 90.2 Å². The van der Waals surface area contributed by atoms with Gasteiger partial charge in [0.1, 0.15) is 5.75 Å². The van der Waals surface area contributed by atoms with Gasteiger partial charge in [0, 0.05) is 29.2 Å². The summed E-state index contributed by atoms with van der Waals surface area (Å²) in [5, 5.41) is 8.53. The zero-order valence-corrected chi connectivity index (χ0v) is 17.1. The number of anilines is 1. The molecule has 150 valence electrons. The fourth-order valence-corrected chi connectivity index (χ4v) is 4.25. The van der Waals surface area contributed by atoms with Gasteiger partial charge >= 0.3 is 0 Å². The number of hydrogen-bond donors (Lipinski definition) is 1. The Morgan fingerprint density at radius 1 is 0.933 bits per heavy atom. The zero-order valence-electron chi connectivity index (χ0n) is 17.1. The maximum Gasteiger partial charge on any atom is 0.118 e. The van der Waals surface area contributed by atoms with Crippen LogP contribution in [0.1, 0.15) is 30.0 Å². The molecular weight excluding hydrogens is 370 g/mol. The topological polar surface area (TPSA) is 40.6 Å². The number of fused-ring (bicyclic) bond motifs is 1. The molecule has 4 aromatic rings. The quantitative estimate of drug-likeness (QED) is 0.427. The largest absolute Gasteiger partial charge is 0.497 e. The van der Waals surface area contributed by atoms with E-state index in [1.165, 1.54) is 27.7 Å². The molecule has 0 bridgehead atoms. The van der Waals surface area contributed by atoms with Crippen LogP contribution in [-0.2, 0) is 6.42 Å². The van der Waals surface area contributed by atoms with Crippen molar-refractivity contribution in [1.82, 2.24) is 4.98 Å². The number of nitrogens with zero attached hydrogens (tertiary/aromatic N) is 2. The maximum atomic E-state index is 5.33. The van der Waals surface area contributed by atoms with Gasteiger partial charge in [-0.15, -0.1) is 0 Å². The Morgan fingerprint density at radius 2 is 1.70 bits per heavy atom. The van der Waals surface area contributed by atoms with Crippen LogP contribution in [0.3, 0.4) is 0 Å². The van der Waals surface area contributed by atoms with Gasteiger partial charge in [-0.1, -0.05) is 48.5 Å². The first-order valence-electron chi connectivity index (χ1n) is 10.4. The number of nitrogens with one attached hydrogen (secondary N) is 1. The second-order valence-electron chi connectivity index (χ2n) is 7.70. The number of ether oxygens (including phenoxy) is 1. The molecule has 4 nitrogen and oxygen atoms in total. The number of benzene rings is 3. The van der Waals surface area contributed by atoms with E-state index in [1.807, 2.05) is 18.2 Å². The molecule has 5 rings (SSSR count). The number of hydrazone groups is 1. The lowest BCUT2D eigenvalue weighted by Crippen LogP contribution is -2.18. The van der Waals surface area contributed by atoms with Gasteiger partial charge in [0.25, 0.3) is 0 Å². The van der Waals surface area contributed by atoms with Gasteiger partial charge in [-0.2, -0.15) is 5.10 Å². The molecule has 0 saturated heterocycles. The molecule has 2 heterocycles. The molecule has 0 saturated carbocycles. The summed E-state index contributed by atoms with van der Waals surface area (Å²) in [6.07, 6.45) is 5.01. The van der Waals surface area contributed by atoms with Crippen LogP contribution < -0.4 is 9.75 Å². The molecule has 1 aromatic heterocycles. The molecule has 1 aliphatic heterocycles. The summed E-state index contributed by atoms with van der Waals surface area (Å²) >= 11 is 0. The van der Waals surface area contributed by atoms with Crippen molar-refractivity contribution in [3.05, 3.63) is 96.2 Å². The Balaban J connectivity index is 1.39. The van der Waals surface area contributed by atoms with Gasteiger partial charge < -0.3 is 9.72 Å². The van der Waals surface area contributed by atoms with Crippen LogP contribution >= 0.6 is 0 Å². The van der Waals surface area contributed by atoms with E-state index in [0.29, 0.717) is 0 Å². The lowest BCUT2D eigenvalue weighted by Gasteiger charge is -2.24. The third-order valence-electron chi connectivity index (χ3n) is 5.85. The molecule has 0 fully saturated rings. The molecule has 1 N–H and O–H groups in total. The standard InChI is InChI=1S/C26H25N3O/c1-30-23-15-12-19(13-16-23)26-17-21(28-29(26)22-7-3-2-4-8-22)14-11-20-18-27-25-10-6-5-9-24(20)25/h2-10,12-13,15-16,18,26-27H,11,14,17H2,1H3/t26-/m0/s1. The Hall–Kier alpha value is -3.53. The summed E-state index contributed by atoms with van der Waals surface area (Å²) in [5.74, 6) is 0.878. The van der Waals surface area contributed by atoms with Crippen LogP contribution in [0.25, 0.3) is 10.9 Å². The van der Waals surface area contributed by atoms with Crippen LogP contribution in [0.5, 0.6) is 5.75 Å². The Morgan fingerprint density at radius 3 is 2.50 bits per heavy atom. The lowest BCUT2D eigenvalue weighted by molar-refractivity contribution is 0.414. The maximum absolute atomic E-state index is 5.33. The fourth-order valence-electron chi connectivity index (χ4n) is 4.25. The minimum Gasteiger partial charge on any atom is -0.497 e. The highest BCUT2D eigenvalue weighted by molar-refractivity contribution is 5.90. The van der Waals surface area contributed by atoms with Crippen LogP contribution in [0.4, 0.5) is 5.69 Å². The number of H-pyrrole nitrogens is 1. The highest BCUT2D eigenvalue weighted by Gasteiger charge is 2.29. The summed E-state index contributed by atoms with van der Waals surface area (Å²) in [7, 11) is 1.70. The molecule has 4 heteroatoms. The van der Waals surface area contributed by atoms with E-state index in [0.717, 1.165) is 30.7 Å². The van der Waals surface area contributed by atoms with Crippen molar-refractivity contribution in [2.75, 3.05) is 12.1 Å². The second kappa shape index (κ2) is 8.07. The van der Waals surface area contributed by atoms with E-state index in [1.54, 1.807) is 7.11 Å². The summed E-state index contributed by atoms with van der Waals surface area (Å²) in [4.78, 5) is 3.38. The van der Waals surface area contributed by atoms with Crippen LogP contribution in [0.2, 0.25) is 0 Å². The molecule has 0 amide bonds. The third kappa shape index (κ3) is 3.57. The van der Waals surface area contributed by atoms with Gasteiger partial charge in [-0.25, -0.2) is 0 Å². The van der Waals surface area contributed by atoms with Crippen LogP contribution in [0, 0.1) is 0 Å². The number of hydrogen-bond acceptors (Lipinski definition) is 3. The normalized spacial score (nSPS) is 16.1. The van der Waals surface area contributed by atoms with Gasteiger partial charge in [0.2, 0.25) is 0 Å². The zero-order chi connectivity index (χ0) is 20.3. The lowest BCUT2D eigenvalue weighted by atomic mass is 9.98. The number of rotatable bonds is 6. The highest BCUT2D eigenvalue weighted by Crippen LogP contribution is 2.36. The van der Waals surface area contributed by atoms with Gasteiger partial charge in [0.15, 0.2) is 0 Å². The van der Waals surface area contributed by atoms with Gasteiger partial charge in [0.05, 0.1) is 18.8 Å². The SMILES string of the molecule is COc1ccc([C@@H]2CC(CCc3c[nH]c4ccccc34)=NN2c2ccccc2)cc1. The number of aromatic amines is 1. The number of para-hydroxylation sites is 2. The summed E-state index contributed by atoms with van der Waals surface area (Å²) in [6.45, 7) is 0. The van der Waals surface area contributed by atoms with Crippen molar-refractivity contribution >= 4 is 22.3 Å². The van der Waals surface area contributed by atoms with Crippen molar-refractivity contribution < 1.29 is 4.74 Å². The summed E-state index contributed by atoms with van der Waals surface area (Å²) < 4.78 is 5.33. The smallest absolute Gasteiger partial charge is 0.118 e. The first-order valence-corrected chi connectivity index (χ1v) is 10.4. The predicted octanol–water partition coefficient (Wildman–Crippen LogP) is 6.12. The molecule has 3 aromatic carbocycles. The molecule has 1 aliphatic rings. The molecule has 0 radical (unpaired) electrons. The first kappa shape index (κ1) is 18.5. The van der Waals surface area contributed by atoms with E-state index in [9.17, 15) is 0 Å².